The summed E-state index contributed by atoms with van der Waals surface area (Å²) in [5.74, 6) is 2.52. The van der Waals surface area contributed by atoms with Gasteiger partial charge in [0.1, 0.15) is 17.2 Å². The zero-order valence-electron chi connectivity index (χ0n) is 23.9. The molecule has 1 rings (SSSR count). The van der Waals surface area contributed by atoms with Crippen LogP contribution in [0.1, 0.15) is 147 Å². The molecule has 0 aliphatic heterocycles. The maximum absolute atomic E-state index is 5.57. The third kappa shape index (κ3) is 16.1. The van der Waals surface area contributed by atoms with E-state index in [2.05, 4.69) is 6.92 Å². The average molecular weight is 491 g/mol. The molecule has 0 saturated heterocycles. The summed E-state index contributed by atoms with van der Waals surface area (Å²) in [5, 5.41) is 0. The topological polar surface area (TPSA) is 27.7 Å². The van der Waals surface area contributed by atoms with Crippen molar-refractivity contribution < 1.29 is 14.2 Å². The fourth-order valence-corrected chi connectivity index (χ4v) is 5.06. The molecule has 0 heterocycles. The number of ether oxygens (including phenoxy) is 3. The van der Waals surface area contributed by atoms with Crippen LogP contribution < -0.4 is 14.2 Å². The second-order valence-corrected chi connectivity index (χ2v) is 10.3. The van der Waals surface area contributed by atoms with E-state index in [1.165, 1.54) is 135 Å². The van der Waals surface area contributed by atoms with Crippen molar-refractivity contribution in [2.45, 2.75) is 148 Å². The van der Waals surface area contributed by atoms with Gasteiger partial charge in [-0.1, -0.05) is 135 Å². The molecule has 0 aromatic heterocycles. The fraction of sp³-hybridized carbons (Fsp3) is 0.812. The van der Waals surface area contributed by atoms with E-state index in [-0.39, 0.29) is 0 Å². The van der Waals surface area contributed by atoms with E-state index in [0.29, 0.717) is 0 Å². The van der Waals surface area contributed by atoms with Gasteiger partial charge in [-0.2, -0.15) is 0 Å². The minimum Gasteiger partial charge on any atom is -0.496 e. The molecule has 0 aliphatic carbocycles. The minimum absolute atomic E-state index is 0.779. The molecule has 204 valence electrons. The van der Waals surface area contributed by atoms with E-state index in [1.54, 1.807) is 21.3 Å². The fourth-order valence-electron chi connectivity index (χ4n) is 5.06. The van der Waals surface area contributed by atoms with Gasteiger partial charge in [-0.05, 0) is 12.8 Å². The van der Waals surface area contributed by atoms with Crippen molar-refractivity contribution in [2.75, 3.05) is 21.3 Å². The highest BCUT2D eigenvalue weighted by Gasteiger charge is 2.12. The first-order valence-electron chi connectivity index (χ1n) is 15.1. The lowest BCUT2D eigenvalue weighted by molar-refractivity contribution is 0.367. The summed E-state index contributed by atoms with van der Waals surface area (Å²) < 4.78 is 16.5. The van der Waals surface area contributed by atoms with Gasteiger partial charge in [-0.15, -0.1) is 0 Å². The van der Waals surface area contributed by atoms with Crippen LogP contribution in [0.15, 0.2) is 12.1 Å². The third-order valence-corrected chi connectivity index (χ3v) is 7.35. The van der Waals surface area contributed by atoms with Crippen molar-refractivity contribution in [1.29, 1.82) is 0 Å². The summed E-state index contributed by atoms with van der Waals surface area (Å²) in [5.41, 5.74) is 1.16. The van der Waals surface area contributed by atoms with E-state index >= 15 is 0 Å². The van der Waals surface area contributed by atoms with Crippen molar-refractivity contribution in [3.05, 3.63) is 17.7 Å². The lowest BCUT2D eigenvalue weighted by Crippen LogP contribution is -1.99. The first-order valence-corrected chi connectivity index (χ1v) is 15.1. The highest BCUT2D eigenvalue weighted by Crippen LogP contribution is 2.35. The normalized spacial score (nSPS) is 11.1. The molecule has 0 unspecified atom stereocenters. The molecule has 0 amide bonds. The standard InChI is InChI=1S/C32H58O3/c1-5-6-7-8-9-10-11-12-13-14-15-16-17-18-19-20-21-22-23-24-25-26-30-31(34-3)27-29(33-2)28-32(30)35-4/h27-28H,5-26H2,1-4H3. The predicted molar refractivity (Wildman–Crippen MR) is 152 cm³/mol. The van der Waals surface area contributed by atoms with Crippen LogP contribution in [0.5, 0.6) is 17.2 Å². The number of rotatable bonds is 25. The van der Waals surface area contributed by atoms with Crippen molar-refractivity contribution in [3.8, 4) is 17.2 Å². The predicted octanol–water partition coefficient (Wildman–Crippen LogP) is 10.5. The maximum Gasteiger partial charge on any atom is 0.129 e. The molecule has 0 aliphatic rings. The second-order valence-electron chi connectivity index (χ2n) is 10.3. The summed E-state index contributed by atoms with van der Waals surface area (Å²) in [4.78, 5) is 0. The number of hydrogen-bond donors (Lipinski definition) is 0. The molecule has 0 spiro atoms. The van der Waals surface area contributed by atoms with Gasteiger partial charge in [-0.25, -0.2) is 0 Å². The van der Waals surface area contributed by atoms with E-state index in [4.69, 9.17) is 14.2 Å². The van der Waals surface area contributed by atoms with Crippen LogP contribution in [-0.4, -0.2) is 21.3 Å². The van der Waals surface area contributed by atoms with Crippen molar-refractivity contribution in [2.24, 2.45) is 0 Å². The number of benzene rings is 1. The van der Waals surface area contributed by atoms with Crippen molar-refractivity contribution >= 4 is 0 Å². The Morgan fingerprint density at radius 3 is 1.03 bits per heavy atom. The van der Waals surface area contributed by atoms with Gasteiger partial charge in [0, 0.05) is 17.7 Å². The molecule has 0 saturated carbocycles. The molecule has 3 heteroatoms. The second kappa shape index (κ2) is 23.0. The first-order chi connectivity index (χ1) is 17.3. The van der Waals surface area contributed by atoms with E-state index in [1.807, 2.05) is 12.1 Å². The number of hydrogen-bond acceptors (Lipinski definition) is 3. The van der Waals surface area contributed by atoms with Crippen molar-refractivity contribution in [1.82, 2.24) is 0 Å². The summed E-state index contributed by atoms with van der Waals surface area (Å²) in [6.07, 6.45) is 30.7. The number of methoxy groups -OCH3 is 3. The Morgan fingerprint density at radius 2 is 0.743 bits per heavy atom. The van der Waals surface area contributed by atoms with Crippen LogP contribution >= 0.6 is 0 Å². The van der Waals surface area contributed by atoms with E-state index < -0.39 is 0 Å². The minimum atomic E-state index is 0.779. The average Bonchev–Trinajstić information content (AvgIpc) is 2.89. The zero-order valence-corrected chi connectivity index (χ0v) is 23.9. The largest absolute Gasteiger partial charge is 0.496 e. The molecule has 35 heavy (non-hydrogen) atoms. The van der Waals surface area contributed by atoms with Gasteiger partial charge in [0.15, 0.2) is 0 Å². The van der Waals surface area contributed by atoms with Gasteiger partial charge in [0.25, 0.3) is 0 Å². The van der Waals surface area contributed by atoms with Crippen LogP contribution in [0.4, 0.5) is 0 Å². The first kappa shape index (κ1) is 31.6. The Labute approximate surface area is 218 Å². The van der Waals surface area contributed by atoms with Crippen LogP contribution in [0.3, 0.4) is 0 Å². The van der Waals surface area contributed by atoms with Crippen LogP contribution in [0.25, 0.3) is 0 Å². The smallest absolute Gasteiger partial charge is 0.129 e. The highest BCUT2D eigenvalue weighted by atomic mass is 16.5. The summed E-state index contributed by atoms with van der Waals surface area (Å²) in [6, 6.07) is 3.91. The molecule has 3 nitrogen and oxygen atoms in total. The third-order valence-electron chi connectivity index (χ3n) is 7.35. The molecule has 1 aromatic rings. The lowest BCUT2D eigenvalue weighted by atomic mass is 10.0. The summed E-state index contributed by atoms with van der Waals surface area (Å²) in [7, 11) is 5.11. The Kier molecular flexibility index (Phi) is 20.8. The molecular weight excluding hydrogens is 432 g/mol. The number of unbranched alkanes of at least 4 members (excludes halogenated alkanes) is 20. The van der Waals surface area contributed by atoms with Gasteiger partial charge in [0.05, 0.1) is 21.3 Å². The Balaban J connectivity index is 1.89. The van der Waals surface area contributed by atoms with Crippen molar-refractivity contribution in [3.63, 3.8) is 0 Å². The zero-order chi connectivity index (χ0) is 25.4. The molecule has 0 N–H and O–H groups in total. The quantitative estimate of drug-likeness (QED) is 0.128. The van der Waals surface area contributed by atoms with Gasteiger partial charge >= 0.3 is 0 Å². The Morgan fingerprint density at radius 1 is 0.429 bits per heavy atom. The Hall–Kier alpha value is -1.38. The molecule has 0 atom stereocenters. The van der Waals surface area contributed by atoms with Gasteiger partial charge in [0.2, 0.25) is 0 Å². The molecular formula is C32H58O3. The summed E-state index contributed by atoms with van der Waals surface area (Å²) >= 11 is 0. The molecule has 0 bridgehead atoms. The SMILES string of the molecule is CCCCCCCCCCCCCCCCCCCCCCCc1c(OC)cc(OC)cc1OC. The monoisotopic (exact) mass is 490 g/mol. The molecule has 0 fully saturated rings. The molecule has 1 aromatic carbocycles. The van der Waals surface area contributed by atoms with Crippen LogP contribution in [0, 0.1) is 0 Å². The van der Waals surface area contributed by atoms with Crippen LogP contribution in [-0.2, 0) is 6.42 Å². The lowest BCUT2D eigenvalue weighted by Gasteiger charge is -2.15. The Bertz CT molecular complexity index is 573. The van der Waals surface area contributed by atoms with E-state index in [0.717, 1.165) is 29.2 Å². The van der Waals surface area contributed by atoms with Crippen LogP contribution in [0.2, 0.25) is 0 Å². The van der Waals surface area contributed by atoms with Gasteiger partial charge < -0.3 is 14.2 Å². The van der Waals surface area contributed by atoms with Gasteiger partial charge in [-0.3, -0.25) is 0 Å². The summed E-state index contributed by atoms with van der Waals surface area (Å²) in [6.45, 7) is 2.30. The maximum atomic E-state index is 5.57. The van der Waals surface area contributed by atoms with E-state index in [9.17, 15) is 0 Å². The molecule has 0 radical (unpaired) electrons. The highest BCUT2D eigenvalue weighted by molar-refractivity contribution is 5.50.